The molecule has 3 aromatic carbocycles. The average Bonchev–Trinajstić information content (AvgIpc) is 3.32. The predicted octanol–water partition coefficient (Wildman–Crippen LogP) is 8.02. The van der Waals surface area contributed by atoms with Crippen molar-refractivity contribution in [1.29, 1.82) is 0 Å². The van der Waals surface area contributed by atoms with E-state index in [1.165, 1.54) is 57.2 Å². The highest BCUT2D eigenvalue weighted by atomic mass is 19.4. The minimum atomic E-state index is -5.30. The number of benzene rings is 3. The van der Waals surface area contributed by atoms with Gasteiger partial charge in [0.2, 0.25) is 0 Å². The fourth-order valence-electron chi connectivity index (χ4n) is 5.21. The zero-order valence-electron chi connectivity index (χ0n) is 23.8. The zero-order chi connectivity index (χ0) is 32.1. The second-order valence-corrected chi connectivity index (χ2v) is 11.2. The second kappa shape index (κ2) is 11.3. The van der Waals surface area contributed by atoms with Gasteiger partial charge in [0.15, 0.2) is 6.10 Å². The van der Waals surface area contributed by atoms with Gasteiger partial charge in [0, 0.05) is 29.8 Å². The van der Waals surface area contributed by atoms with Crippen LogP contribution >= 0.6 is 0 Å². The molecule has 1 unspecified atom stereocenters. The lowest BCUT2D eigenvalue weighted by molar-refractivity contribution is -0.166. The van der Waals surface area contributed by atoms with E-state index in [2.05, 4.69) is 0 Å². The van der Waals surface area contributed by atoms with Crippen molar-refractivity contribution in [3.8, 4) is 11.1 Å². The minimum Gasteiger partial charge on any atom is -0.467 e. The molecular formula is C31H28F7NO4. The number of hydrogen-bond acceptors (Lipinski definition) is 4. The number of aryl methyl sites for hydroxylation is 1. The molecule has 0 spiro atoms. The highest BCUT2D eigenvalue weighted by molar-refractivity contribution is 5.95. The van der Waals surface area contributed by atoms with Crippen molar-refractivity contribution in [2.24, 2.45) is 0 Å². The van der Waals surface area contributed by atoms with Gasteiger partial charge in [-0.25, -0.2) is 9.18 Å². The molecule has 1 atom stereocenters. The van der Waals surface area contributed by atoms with Gasteiger partial charge in [0.25, 0.3) is 5.91 Å². The fraction of sp³-hybridized carbons (Fsp3) is 0.355. The Bertz CT molecular complexity index is 1550. The van der Waals surface area contributed by atoms with Crippen LogP contribution in [0.3, 0.4) is 0 Å². The van der Waals surface area contributed by atoms with Crippen LogP contribution in [0, 0.1) is 12.7 Å². The third kappa shape index (κ3) is 6.53. The number of halogens is 7. The summed E-state index contributed by atoms with van der Waals surface area (Å²) in [7, 11) is 0.887. The molecule has 4 rings (SSSR count). The smallest absolute Gasteiger partial charge is 0.417 e. The number of amides is 1. The Kier molecular flexibility index (Phi) is 8.40. The first-order chi connectivity index (χ1) is 19.8. The number of hydrogen-bond donors (Lipinski definition) is 0. The van der Waals surface area contributed by atoms with Crippen molar-refractivity contribution >= 4 is 11.9 Å². The maximum Gasteiger partial charge on any atom is 0.417 e. The van der Waals surface area contributed by atoms with Crippen LogP contribution in [-0.2, 0) is 39.7 Å². The molecule has 0 fully saturated rings. The summed E-state index contributed by atoms with van der Waals surface area (Å²) in [5, 5.41) is 0. The molecule has 0 saturated carbocycles. The molecule has 0 bridgehead atoms. The van der Waals surface area contributed by atoms with Gasteiger partial charge in [-0.15, -0.1) is 0 Å². The molecule has 0 saturated heterocycles. The number of carbonyl (C=O) groups excluding carboxylic acids is 2. The number of ether oxygens (including phenoxy) is 2. The lowest BCUT2D eigenvalue weighted by Gasteiger charge is -2.32. The van der Waals surface area contributed by atoms with Crippen LogP contribution in [0.15, 0.2) is 48.5 Å². The van der Waals surface area contributed by atoms with Crippen molar-refractivity contribution in [3.63, 3.8) is 0 Å². The van der Waals surface area contributed by atoms with Gasteiger partial charge in [-0.3, -0.25) is 4.79 Å². The maximum atomic E-state index is 15.1. The molecule has 1 heterocycles. The van der Waals surface area contributed by atoms with E-state index in [-0.39, 0.29) is 11.1 Å². The van der Waals surface area contributed by atoms with Crippen LogP contribution in [0.5, 0.6) is 0 Å². The van der Waals surface area contributed by atoms with E-state index < -0.39 is 88.2 Å². The molecule has 43 heavy (non-hydrogen) atoms. The SMILES string of the molecule is COC(=O)C(OC(C)(C)C)c1c(-c2ccc(C)cc2)c(C(F)(F)F)c2c(c1C(F)(F)F)CN(C(=O)c1cccc(F)c1)C2. The Morgan fingerprint density at radius 3 is 1.91 bits per heavy atom. The van der Waals surface area contributed by atoms with Crippen molar-refractivity contribution in [2.75, 3.05) is 7.11 Å². The normalized spacial score (nSPS) is 14.5. The standard InChI is InChI=1S/C31H28F7NO4/c1-16-9-11-17(12-10-16)22-23(26(28(41)42-5)43-29(2,3)4)25(31(36,37)38)21-15-39(14-20(21)24(22)30(33,34)35)27(40)18-7-6-8-19(32)13-18/h6-13,26H,14-15H2,1-5H3. The zero-order valence-corrected chi connectivity index (χ0v) is 23.8. The average molecular weight is 612 g/mol. The third-order valence-electron chi connectivity index (χ3n) is 6.87. The van der Waals surface area contributed by atoms with E-state index in [0.29, 0.717) is 5.56 Å². The summed E-state index contributed by atoms with van der Waals surface area (Å²) in [6, 6.07) is 9.60. The molecule has 0 radical (unpaired) electrons. The van der Waals surface area contributed by atoms with Gasteiger partial charge >= 0.3 is 18.3 Å². The molecule has 230 valence electrons. The van der Waals surface area contributed by atoms with Crippen LogP contribution in [-0.4, -0.2) is 29.5 Å². The van der Waals surface area contributed by atoms with Crippen LogP contribution < -0.4 is 0 Å². The summed E-state index contributed by atoms with van der Waals surface area (Å²) in [5.41, 5.74) is -7.72. The third-order valence-corrected chi connectivity index (χ3v) is 6.87. The molecule has 1 amide bonds. The number of rotatable bonds is 5. The molecule has 0 aromatic heterocycles. The van der Waals surface area contributed by atoms with Gasteiger partial charge < -0.3 is 14.4 Å². The van der Waals surface area contributed by atoms with Gasteiger partial charge in [-0.2, -0.15) is 26.3 Å². The topological polar surface area (TPSA) is 55.8 Å². The fourth-order valence-corrected chi connectivity index (χ4v) is 5.21. The van der Waals surface area contributed by atoms with Gasteiger partial charge in [0.1, 0.15) is 5.82 Å². The number of alkyl halides is 6. The summed E-state index contributed by atoms with van der Waals surface area (Å²) < 4.78 is 115. The summed E-state index contributed by atoms with van der Waals surface area (Å²) in [5.74, 6) is -3.11. The molecule has 0 N–H and O–H groups in total. The van der Waals surface area contributed by atoms with Crippen molar-refractivity contribution in [2.45, 2.75) is 64.8 Å². The molecule has 3 aromatic rings. The Morgan fingerprint density at radius 2 is 1.42 bits per heavy atom. The number of nitrogens with zero attached hydrogens (tertiary/aromatic N) is 1. The van der Waals surface area contributed by atoms with E-state index in [1.54, 1.807) is 6.92 Å². The van der Waals surface area contributed by atoms with Gasteiger partial charge in [-0.1, -0.05) is 35.9 Å². The maximum absolute atomic E-state index is 15.1. The molecular weight excluding hydrogens is 583 g/mol. The first kappa shape index (κ1) is 32.0. The van der Waals surface area contributed by atoms with E-state index in [9.17, 15) is 14.0 Å². The number of methoxy groups -OCH3 is 1. The van der Waals surface area contributed by atoms with Crippen molar-refractivity contribution in [3.05, 3.63) is 93.3 Å². The van der Waals surface area contributed by atoms with Crippen molar-refractivity contribution < 1.29 is 49.8 Å². The molecule has 1 aliphatic heterocycles. The molecule has 0 aliphatic carbocycles. The lowest BCUT2D eigenvalue weighted by Crippen LogP contribution is -2.32. The van der Waals surface area contributed by atoms with Crippen molar-refractivity contribution in [1.82, 2.24) is 4.90 Å². The number of esters is 1. The quantitative estimate of drug-likeness (QED) is 0.217. The van der Waals surface area contributed by atoms with E-state index in [0.717, 1.165) is 24.1 Å². The molecule has 12 heteroatoms. The second-order valence-electron chi connectivity index (χ2n) is 11.2. The summed E-state index contributed by atoms with van der Waals surface area (Å²) in [6.07, 6.45) is -12.8. The predicted molar refractivity (Wildman–Crippen MR) is 142 cm³/mol. The summed E-state index contributed by atoms with van der Waals surface area (Å²) in [6.45, 7) is 4.21. The monoisotopic (exact) mass is 611 g/mol. The molecule has 5 nitrogen and oxygen atoms in total. The Labute approximate surface area is 243 Å². The minimum absolute atomic E-state index is 0.248. The van der Waals surface area contributed by atoms with Crippen LogP contribution in [0.1, 0.15) is 70.6 Å². The number of carbonyl (C=O) groups is 2. The number of fused-ring (bicyclic) bond motifs is 1. The van der Waals surface area contributed by atoms with Gasteiger partial charge in [0.05, 0.1) is 23.8 Å². The van der Waals surface area contributed by atoms with Crippen LogP contribution in [0.4, 0.5) is 30.7 Å². The van der Waals surface area contributed by atoms with Crippen LogP contribution in [0.25, 0.3) is 11.1 Å². The van der Waals surface area contributed by atoms with E-state index in [1.807, 2.05) is 0 Å². The summed E-state index contributed by atoms with van der Waals surface area (Å²) >= 11 is 0. The highest BCUT2D eigenvalue weighted by Gasteiger charge is 2.51. The van der Waals surface area contributed by atoms with Crippen LogP contribution in [0.2, 0.25) is 0 Å². The van der Waals surface area contributed by atoms with Gasteiger partial charge in [-0.05, 0) is 62.6 Å². The summed E-state index contributed by atoms with van der Waals surface area (Å²) in [4.78, 5) is 27.1. The largest absolute Gasteiger partial charge is 0.467 e. The van der Waals surface area contributed by atoms with E-state index >= 15 is 26.3 Å². The lowest BCUT2D eigenvalue weighted by atomic mass is 9.81. The Hall–Kier alpha value is -3.93. The Balaban J connectivity index is 2.15. The molecule has 1 aliphatic rings. The van der Waals surface area contributed by atoms with E-state index in [4.69, 9.17) is 9.47 Å². The Morgan fingerprint density at radius 1 is 0.860 bits per heavy atom. The first-order valence-corrected chi connectivity index (χ1v) is 13.1. The highest BCUT2D eigenvalue weighted by Crippen LogP contribution is 2.53. The first-order valence-electron chi connectivity index (χ1n) is 13.1.